The van der Waals surface area contributed by atoms with Crippen molar-refractivity contribution in [1.82, 2.24) is 14.5 Å². The van der Waals surface area contributed by atoms with Crippen LogP contribution in [0.2, 0.25) is 5.02 Å². The van der Waals surface area contributed by atoms with Gasteiger partial charge in [0.15, 0.2) is 5.16 Å². The van der Waals surface area contributed by atoms with E-state index in [2.05, 4.69) is 15.3 Å². The Balaban J connectivity index is 1.60. The van der Waals surface area contributed by atoms with Crippen LogP contribution in [0.3, 0.4) is 0 Å². The van der Waals surface area contributed by atoms with Gasteiger partial charge in [-0.25, -0.2) is 4.98 Å². The van der Waals surface area contributed by atoms with Gasteiger partial charge in [-0.15, -0.1) is 0 Å². The molecule has 2 aromatic heterocycles. The average Bonchev–Trinajstić information content (AvgIpc) is 2.82. The Labute approximate surface area is 199 Å². The van der Waals surface area contributed by atoms with Gasteiger partial charge in [0, 0.05) is 23.5 Å². The number of thioether (sulfide) groups is 1. The van der Waals surface area contributed by atoms with Crippen LogP contribution in [0.5, 0.6) is 5.75 Å². The Morgan fingerprint density at radius 2 is 1.94 bits per heavy atom. The van der Waals surface area contributed by atoms with E-state index < -0.39 is 0 Å². The topological polar surface area (TPSA) is 86.1 Å². The molecule has 0 radical (unpaired) electrons. The molecule has 0 saturated carbocycles. The first kappa shape index (κ1) is 22.8. The standard InChI is InChI=1S/C24H21ClN4O3S/c1-15-11-20(21(32-2)12-18(15)25)27-22(30)14-33-24-28-19-6-4-3-5-17(19)23(31)29(24)13-16-7-9-26-10-8-16/h3-12H,13-14H2,1-2H3,(H,27,30). The third-order valence-electron chi connectivity index (χ3n) is 5.00. The number of anilines is 1. The molecule has 4 aromatic rings. The van der Waals surface area contributed by atoms with E-state index in [9.17, 15) is 9.59 Å². The number of pyridine rings is 1. The molecule has 0 atom stereocenters. The molecule has 168 valence electrons. The number of fused-ring (bicyclic) bond motifs is 1. The van der Waals surface area contributed by atoms with Crippen LogP contribution in [0.25, 0.3) is 10.9 Å². The molecule has 4 rings (SSSR count). The maximum Gasteiger partial charge on any atom is 0.262 e. The average molecular weight is 481 g/mol. The number of aromatic nitrogens is 3. The van der Waals surface area contributed by atoms with Gasteiger partial charge in [-0.3, -0.25) is 19.1 Å². The highest BCUT2D eigenvalue weighted by Crippen LogP contribution is 2.31. The number of nitrogens with one attached hydrogen (secondary N) is 1. The molecule has 1 N–H and O–H groups in total. The molecule has 9 heteroatoms. The van der Waals surface area contributed by atoms with Gasteiger partial charge >= 0.3 is 0 Å². The summed E-state index contributed by atoms with van der Waals surface area (Å²) >= 11 is 7.35. The van der Waals surface area contributed by atoms with Gasteiger partial charge in [-0.05, 0) is 48.4 Å². The molecule has 0 aliphatic heterocycles. The second-order valence-electron chi connectivity index (χ2n) is 7.30. The van der Waals surface area contributed by atoms with Gasteiger partial charge in [0.2, 0.25) is 5.91 Å². The molecule has 0 fully saturated rings. The highest BCUT2D eigenvalue weighted by molar-refractivity contribution is 7.99. The summed E-state index contributed by atoms with van der Waals surface area (Å²) in [7, 11) is 1.52. The van der Waals surface area contributed by atoms with E-state index >= 15 is 0 Å². The van der Waals surface area contributed by atoms with Crippen LogP contribution in [-0.2, 0) is 11.3 Å². The number of hydrogen-bond donors (Lipinski definition) is 1. The SMILES string of the molecule is COc1cc(Cl)c(C)cc1NC(=O)CSc1nc2ccccc2c(=O)n1Cc1ccncc1. The molecule has 0 unspecified atom stereocenters. The highest BCUT2D eigenvalue weighted by Gasteiger charge is 2.15. The maximum atomic E-state index is 13.2. The maximum absolute atomic E-state index is 13.2. The van der Waals surface area contributed by atoms with Gasteiger partial charge in [-0.1, -0.05) is 35.5 Å². The van der Waals surface area contributed by atoms with E-state index in [4.69, 9.17) is 16.3 Å². The first-order valence-corrected chi connectivity index (χ1v) is 11.5. The van der Waals surface area contributed by atoms with E-state index in [1.54, 1.807) is 41.2 Å². The van der Waals surface area contributed by atoms with Gasteiger partial charge in [0.1, 0.15) is 5.75 Å². The van der Waals surface area contributed by atoms with E-state index in [0.29, 0.717) is 39.1 Å². The summed E-state index contributed by atoms with van der Waals surface area (Å²) in [6.45, 7) is 2.18. The smallest absolute Gasteiger partial charge is 0.262 e. The van der Waals surface area contributed by atoms with Gasteiger partial charge < -0.3 is 10.1 Å². The summed E-state index contributed by atoms with van der Waals surface area (Å²) in [5.41, 5.74) is 2.70. The molecule has 33 heavy (non-hydrogen) atoms. The van der Waals surface area contributed by atoms with Gasteiger partial charge in [0.05, 0.1) is 36.0 Å². The summed E-state index contributed by atoms with van der Waals surface area (Å²) in [5.74, 6) is 0.284. The predicted octanol–water partition coefficient (Wildman–Crippen LogP) is 4.54. The van der Waals surface area contributed by atoms with Crippen LogP contribution in [0.15, 0.2) is 70.9 Å². The fraction of sp³-hybridized carbons (Fsp3) is 0.167. The van der Waals surface area contributed by atoms with E-state index in [-0.39, 0.29) is 17.2 Å². The molecule has 1 amide bonds. The van der Waals surface area contributed by atoms with Crippen molar-refractivity contribution in [2.75, 3.05) is 18.2 Å². The molecule has 0 bridgehead atoms. The molecule has 2 heterocycles. The molecule has 2 aromatic carbocycles. The van der Waals surface area contributed by atoms with Crippen molar-refractivity contribution in [1.29, 1.82) is 0 Å². The van der Waals surface area contributed by atoms with Crippen LogP contribution in [0.1, 0.15) is 11.1 Å². The number of carbonyl (C=O) groups is 1. The summed E-state index contributed by atoms with van der Waals surface area (Å²) in [6.07, 6.45) is 3.35. The lowest BCUT2D eigenvalue weighted by atomic mass is 10.2. The van der Waals surface area contributed by atoms with Crippen molar-refractivity contribution in [3.05, 3.63) is 87.4 Å². The van der Waals surface area contributed by atoms with Crippen LogP contribution in [0, 0.1) is 6.92 Å². The summed E-state index contributed by atoms with van der Waals surface area (Å²) in [6, 6.07) is 14.3. The number of rotatable bonds is 7. The lowest BCUT2D eigenvalue weighted by Crippen LogP contribution is -2.25. The minimum Gasteiger partial charge on any atom is -0.495 e. The van der Waals surface area contributed by atoms with Crippen molar-refractivity contribution >= 4 is 45.9 Å². The molecule has 0 saturated heterocycles. The largest absolute Gasteiger partial charge is 0.495 e. The Morgan fingerprint density at radius 3 is 2.70 bits per heavy atom. The van der Waals surface area contributed by atoms with E-state index in [0.717, 1.165) is 11.1 Å². The van der Waals surface area contributed by atoms with Crippen LogP contribution in [0.4, 0.5) is 5.69 Å². The highest BCUT2D eigenvalue weighted by atomic mass is 35.5. The number of carbonyl (C=O) groups excluding carboxylic acids is 1. The van der Waals surface area contributed by atoms with Crippen LogP contribution >= 0.6 is 23.4 Å². The minimum atomic E-state index is -0.252. The molecule has 0 aliphatic rings. The number of hydrogen-bond acceptors (Lipinski definition) is 6. The number of benzene rings is 2. The zero-order valence-corrected chi connectivity index (χ0v) is 19.6. The number of aryl methyl sites for hydroxylation is 1. The fourth-order valence-corrected chi connectivity index (χ4v) is 4.27. The predicted molar refractivity (Wildman–Crippen MR) is 131 cm³/mol. The van der Waals surface area contributed by atoms with E-state index in [1.807, 2.05) is 31.2 Å². The third kappa shape index (κ3) is 5.18. The second-order valence-corrected chi connectivity index (χ2v) is 8.65. The second kappa shape index (κ2) is 10.1. The molecule has 7 nitrogen and oxygen atoms in total. The van der Waals surface area contributed by atoms with E-state index in [1.165, 1.54) is 18.9 Å². The van der Waals surface area contributed by atoms with Crippen molar-refractivity contribution < 1.29 is 9.53 Å². The Bertz CT molecular complexity index is 1380. The third-order valence-corrected chi connectivity index (χ3v) is 6.39. The number of ether oxygens (including phenoxy) is 1. The van der Waals surface area contributed by atoms with Crippen molar-refractivity contribution in [2.24, 2.45) is 0 Å². The van der Waals surface area contributed by atoms with Gasteiger partial charge in [0.25, 0.3) is 5.56 Å². The summed E-state index contributed by atoms with van der Waals surface area (Å²) in [5, 5.41) is 4.40. The number of amides is 1. The van der Waals surface area contributed by atoms with Crippen molar-refractivity contribution in [2.45, 2.75) is 18.6 Å². The fourth-order valence-electron chi connectivity index (χ4n) is 3.31. The Kier molecular flexibility index (Phi) is 6.96. The summed E-state index contributed by atoms with van der Waals surface area (Å²) in [4.78, 5) is 34.6. The van der Waals surface area contributed by atoms with Crippen molar-refractivity contribution in [3.63, 3.8) is 0 Å². The van der Waals surface area contributed by atoms with Crippen molar-refractivity contribution in [3.8, 4) is 5.75 Å². The minimum absolute atomic E-state index is 0.0615. The molecule has 0 spiro atoms. The zero-order chi connectivity index (χ0) is 23.4. The number of methoxy groups -OCH3 is 1. The first-order valence-electron chi connectivity index (χ1n) is 10.1. The Hall–Kier alpha value is -3.36. The van der Waals surface area contributed by atoms with Gasteiger partial charge in [-0.2, -0.15) is 0 Å². The lowest BCUT2D eigenvalue weighted by Gasteiger charge is -2.14. The lowest BCUT2D eigenvalue weighted by molar-refractivity contribution is -0.113. The first-order chi connectivity index (χ1) is 16.0. The monoisotopic (exact) mass is 480 g/mol. The molecule has 0 aliphatic carbocycles. The molecular weight excluding hydrogens is 460 g/mol. The number of nitrogens with zero attached hydrogens (tertiary/aromatic N) is 3. The molecular formula is C24H21ClN4O3S. The Morgan fingerprint density at radius 1 is 1.18 bits per heavy atom. The quantitative estimate of drug-likeness (QED) is 0.308. The normalized spacial score (nSPS) is 10.9. The summed E-state index contributed by atoms with van der Waals surface area (Å²) < 4.78 is 6.91. The number of para-hydroxylation sites is 1. The number of halogens is 1. The van der Waals surface area contributed by atoms with Crippen LogP contribution < -0.4 is 15.6 Å². The van der Waals surface area contributed by atoms with Crippen LogP contribution in [-0.4, -0.2) is 33.3 Å². The zero-order valence-electron chi connectivity index (χ0n) is 18.0.